The first-order valence-electron chi connectivity index (χ1n) is 5.01. The van der Waals surface area contributed by atoms with E-state index in [1.54, 1.807) is 0 Å². The zero-order valence-corrected chi connectivity index (χ0v) is 10.1. The van der Waals surface area contributed by atoms with Gasteiger partial charge in [-0.2, -0.15) is 0 Å². The first-order valence-corrected chi connectivity index (χ1v) is 6.43. The van der Waals surface area contributed by atoms with Crippen LogP contribution in [0, 0.1) is 0 Å². The summed E-state index contributed by atoms with van der Waals surface area (Å²) in [6.07, 6.45) is 4.29. The predicted octanol–water partition coefficient (Wildman–Crippen LogP) is 1.03. The Morgan fingerprint density at radius 3 is 2.27 bits per heavy atom. The van der Waals surface area contributed by atoms with Crippen LogP contribution in [0.3, 0.4) is 0 Å². The molecule has 0 spiro atoms. The van der Waals surface area contributed by atoms with E-state index in [1.807, 2.05) is 0 Å². The summed E-state index contributed by atoms with van der Waals surface area (Å²) in [5.41, 5.74) is 0. The molecule has 2 atom stereocenters. The fourth-order valence-electron chi connectivity index (χ4n) is 2.17. The van der Waals surface area contributed by atoms with Crippen molar-refractivity contribution in [3.63, 3.8) is 0 Å². The topological polar surface area (TPSA) is 3.24 Å². The third kappa shape index (κ3) is 2.31. The number of hydrogen-bond donors (Lipinski definition) is 0. The van der Waals surface area contributed by atoms with E-state index in [-0.39, 0.29) is 0 Å². The van der Waals surface area contributed by atoms with E-state index in [0.717, 1.165) is 12.1 Å². The lowest BCUT2D eigenvalue weighted by Gasteiger charge is -2.38. The van der Waals surface area contributed by atoms with Gasteiger partial charge in [-0.25, -0.2) is 0 Å². The van der Waals surface area contributed by atoms with Crippen molar-refractivity contribution in [1.82, 2.24) is 4.90 Å². The molecule has 0 aliphatic carbocycles. The van der Waals surface area contributed by atoms with Crippen LogP contribution in [-0.4, -0.2) is 33.8 Å². The first-order chi connectivity index (χ1) is 5.25. The molecule has 0 N–H and O–H groups in total. The summed E-state index contributed by atoms with van der Waals surface area (Å²) in [6, 6.07) is 3.15. The van der Waals surface area contributed by atoms with Crippen LogP contribution in [0.1, 0.15) is 33.1 Å². The molecule has 2 heteroatoms. The lowest BCUT2D eigenvalue weighted by Crippen LogP contribution is -2.43. The van der Waals surface area contributed by atoms with Gasteiger partial charge in [0.15, 0.2) is 0 Å². The lowest BCUT2D eigenvalue weighted by atomic mass is 9.98. The molecule has 1 fully saturated rings. The van der Waals surface area contributed by atoms with Crippen LogP contribution < -0.4 is 0 Å². The van der Waals surface area contributed by atoms with Gasteiger partial charge in [0.05, 0.1) is 0 Å². The molecule has 0 aromatic rings. The van der Waals surface area contributed by atoms with E-state index < -0.39 is 0 Å². The number of hydrogen-bond acceptors (Lipinski definition) is 1. The molecular weight excluding hydrogens is 150 g/mol. The summed E-state index contributed by atoms with van der Waals surface area (Å²) < 4.78 is 0. The Labute approximate surface area is 73.6 Å². The Hall–Kier alpha value is 0.177. The molecule has 0 amide bonds. The number of likely N-dealkylation sites (tertiary alicyclic amines) is 1. The Morgan fingerprint density at radius 1 is 1.27 bits per heavy atom. The fraction of sp³-hybridized carbons (Fsp3) is 1.00. The fourth-order valence-corrected chi connectivity index (χ4v) is 2.69. The Balaban J connectivity index is 2.41. The molecule has 0 aromatic carbocycles. The quantitative estimate of drug-likeness (QED) is 0.561. The minimum atomic E-state index is 0.854. The highest BCUT2D eigenvalue weighted by atomic mass is 28.1. The van der Waals surface area contributed by atoms with Crippen LogP contribution in [0.5, 0.6) is 0 Å². The normalized spacial score (nSPS) is 34.4. The second kappa shape index (κ2) is 4.26. The molecule has 0 radical (unpaired) electrons. The minimum Gasteiger partial charge on any atom is -0.298 e. The molecule has 1 rings (SSSR count). The van der Waals surface area contributed by atoms with E-state index in [1.165, 1.54) is 42.1 Å². The molecule has 2 unspecified atom stereocenters. The van der Waals surface area contributed by atoms with Gasteiger partial charge in [0.2, 0.25) is 0 Å². The standard InChI is InChI=1S/C9H21NSi/c1-8-4-3-5-9(2)10(8)6-7-11/h8-9H,3-7H2,1-2,11H3. The van der Waals surface area contributed by atoms with Crippen LogP contribution in [0.25, 0.3) is 0 Å². The molecule has 0 saturated carbocycles. The Bertz CT molecular complexity index is 106. The van der Waals surface area contributed by atoms with Gasteiger partial charge < -0.3 is 0 Å². The molecule has 0 bridgehead atoms. The van der Waals surface area contributed by atoms with Gasteiger partial charge in [0.1, 0.15) is 0 Å². The van der Waals surface area contributed by atoms with Gasteiger partial charge in [0, 0.05) is 22.3 Å². The molecule has 0 aromatic heterocycles. The summed E-state index contributed by atoms with van der Waals surface area (Å²) in [7, 11) is 1.36. The highest BCUT2D eigenvalue weighted by molar-refractivity contribution is 6.08. The lowest BCUT2D eigenvalue weighted by molar-refractivity contribution is 0.111. The van der Waals surface area contributed by atoms with Crippen molar-refractivity contribution in [2.45, 2.75) is 51.2 Å². The summed E-state index contributed by atoms with van der Waals surface area (Å²) in [5.74, 6) is 0. The maximum Gasteiger partial charge on any atom is 0.00696 e. The van der Waals surface area contributed by atoms with E-state index in [2.05, 4.69) is 18.7 Å². The molecule has 1 aliphatic heterocycles. The summed E-state index contributed by atoms with van der Waals surface area (Å²) in [4.78, 5) is 2.69. The number of piperidine rings is 1. The SMILES string of the molecule is CC1CCCC(C)N1CC[SiH3]. The van der Waals surface area contributed by atoms with E-state index >= 15 is 0 Å². The smallest absolute Gasteiger partial charge is 0.00696 e. The average molecular weight is 171 g/mol. The van der Waals surface area contributed by atoms with Crippen molar-refractivity contribution in [3.05, 3.63) is 0 Å². The third-order valence-corrected chi connectivity index (χ3v) is 3.31. The Kier molecular flexibility index (Phi) is 3.59. The maximum atomic E-state index is 2.69. The van der Waals surface area contributed by atoms with Crippen molar-refractivity contribution >= 4 is 10.2 Å². The predicted molar refractivity (Wildman–Crippen MR) is 54.2 cm³/mol. The van der Waals surface area contributed by atoms with Crippen LogP contribution in [0.4, 0.5) is 0 Å². The molecular formula is C9H21NSi. The van der Waals surface area contributed by atoms with E-state index in [0.29, 0.717) is 0 Å². The van der Waals surface area contributed by atoms with Gasteiger partial charge in [-0.1, -0.05) is 12.5 Å². The monoisotopic (exact) mass is 171 g/mol. The molecule has 11 heavy (non-hydrogen) atoms. The molecule has 66 valence electrons. The summed E-state index contributed by atoms with van der Waals surface area (Å²) in [5, 5.41) is 0. The third-order valence-electron chi connectivity index (χ3n) is 2.86. The van der Waals surface area contributed by atoms with Crippen molar-refractivity contribution in [1.29, 1.82) is 0 Å². The molecule has 1 aliphatic rings. The van der Waals surface area contributed by atoms with Gasteiger partial charge >= 0.3 is 0 Å². The minimum absolute atomic E-state index is 0.854. The number of nitrogens with zero attached hydrogens (tertiary/aromatic N) is 1. The zero-order valence-electron chi connectivity index (χ0n) is 8.14. The van der Waals surface area contributed by atoms with Crippen molar-refractivity contribution < 1.29 is 0 Å². The van der Waals surface area contributed by atoms with E-state index in [9.17, 15) is 0 Å². The largest absolute Gasteiger partial charge is 0.298 e. The maximum absolute atomic E-state index is 2.69. The van der Waals surface area contributed by atoms with Gasteiger partial charge in [-0.15, -0.1) is 0 Å². The second-order valence-corrected chi connectivity index (χ2v) is 4.87. The van der Waals surface area contributed by atoms with Crippen LogP contribution in [0.15, 0.2) is 0 Å². The van der Waals surface area contributed by atoms with Gasteiger partial charge in [0.25, 0.3) is 0 Å². The molecule has 1 nitrogen and oxygen atoms in total. The molecule has 1 saturated heterocycles. The van der Waals surface area contributed by atoms with Crippen LogP contribution >= 0.6 is 0 Å². The Morgan fingerprint density at radius 2 is 1.82 bits per heavy atom. The zero-order chi connectivity index (χ0) is 8.27. The van der Waals surface area contributed by atoms with E-state index in [4.69, 9.17) is 0 Å². The first kappa shape index (κ1) is 9.27. The van der Waals surface area contributed by atoms with Crippen LogP contribution in [-0.2, 0) is 0 Å². The van der Waals surface area contributed by atoms with Crippen molar-refractivity contribution in [2.24, 2.45) is 0 Å². The average Bonchev–Trinajstić information content (AvgIpc) is 1.97. The highest BCUT2D eigenvalue weighted by Crippen LogP contribution is 2.21. The highest BCUT2D eigenvalue weighted by Gasteiger charge is 2.22. The summed E-state index contributed by atoms with van der Waals surface area (Å²) in [6.45, 7) is 6.12. The van der Waals surface area contributed by atoms with Gasteiger partial charge in [-0.3, -0.25) is 4.90 Å². The van der Waals surface area contributed by atoms with Crippen molar-refractivity contribution in [2.75, 3.05) is 6.54 Å². The van der Waals surface area contributed by atoms with Gasteiger partial charge in [-0.05, 0) is 33.2 Å². The van der Waals surface area contributed by atoms with Crippen molar-refractivity contribution in [3.8, 4) is 0 Å². The molecule has 1 heterocycles. The number of rotatable bonds is 2. The summed E-state index contributed by atoms with van der Waals surface area (Å²) >= 11 is 0. The van der Waals surface area contributed by atoms with Crippen LogP contribution in [0.2, 0.25) is 6.04 Å². The second-order valence-electron chi connectivity index (χ2n) is 3.87.